The molecule has 0 heterocycles. The number of aromatic hydroxyl groups is 1. The quantitative estimate of drug-likeness (QED) is 0.588. The SMILES string of the molecule is O.Oc1cccc(Cl)c1. The summed E-state index contributed by atoms with van der Waals surface area (Å²) in [6.07, 6.45) is 0. The van der Waals surface area contributed by atoms with Gasteiger partial charge < -0.3 is 10.6 Å². The molecule has 3 heteroatoms. The van der Waals surface area contributed by atoms with Crippen molar-refractivity contribution in [2.24, 2.45) is 0 Å². The van der Waals surface area contributed by atoms with E-state index in [1.807, 2.05) is 0 Å². The third kappa shape index (κ3) is 2.35. The van der Waals surface area contributed by atoms with Crippen molar-refractivity contribution in [1.29, 1.82) is 0 Å². The van der Waals surface area contributed by atoms with Crippen LogP contribution in [0.1, 0.15) is 0 Å². The summed E-state index contributed by atoms with van der Waals surface area (Å²) in [6, 6.07) is 6.46. The van der Waals surface area contributed by atoms with Crippen molar-refractivity contribution in [3.8, 4) is 5.75 Å². The molecule has 0 aromatic heterocycles. The highest BCUT2D eigenvalue weighted by Crippen LogP contribution is 2.14. The van der Waals surface area contributed by atoms with Crippen LogP contribution in [0.3, 0.4) is 0 Å². The second-order valence-electron chi connectivity index (χ2n) is 1.48. The second kappa shape index (κ2) is 3.33. The molecule has 0 saturated carbocycles. The monoisotopic (exact) mass is 146 g/mol. The summed E-state index contributed by atoms with van der Waals surface area (Å²) in [6.45, 7) is 0. The number of rotatable bonds is 0. The van der Waals surface area contributed by atoms with Gasteiger partial charge in [-0.2, -0.15) is 0 Å². The normalized spacial score (nSPS) is 8.11. The zero-order chi connectivity index (χ0) is 5.98. The van der Waals surface area contributed by atoms with Gasteiger partial charge in [-0.15, -0.1) is 0 Å². The van der Waals surface area contributed by atoms with Crippen molar-refractivity contribution in [1.82, 2.24) is 0 Å². The van der Waals surface area contributed by atoms with Crippen LogP contribution in [0.15, 0.2) is 24.3 Å². The Kier molecular flexibility index (Phi) is 3.06. The smallest absolute Gasteiger partial charge is 0.117 e. The lowest BCUT2D eigenvalue weighted by atomic mass is 10.3. The molecule has 1 aromatic rings. The van der Waals surface area contributed by atoms with Crippen LogP contribution in [-0.2, 0) is 0 Å². The number of phenolic OH excluding ortho intramolecular Hbond substituents is 1. The summed E-state index contributed by atoms with van der Waals surface area (Å²) < 4.78 is 0. The number of hydrogen-bond acceptors (Lipinski definition) is 1. The average Bonchev–Trinajstić information content (AvgIpc) is 1.64. The fourth-order valence-corrected chi connectivity index (χ4v) is 0.661. The third-order valence-corrected chi connectivity index (χ3v) is 1.04. The van der Waals surface area contributed by atoms with Gasteiger partial charge in [0.1, 0.15) is 5.75 Å². The van der Waals surface area contributed by atoms with E-state index in [9.17, 15) is 0 Å². The van der Waals surface area contributed by atoms with Gasteiger partial charge in [0, 0.05) is 5.02 Å². The topological polar surface area (TPSA) is 51.7 Å². The lowest BCUT2D eigenvalue weighted by Gasteiger charge is -1.88. The van der Waals surface area contributed by atoms with Crippen LogP contribution in [0.5, 0.6) is 5.75 Å². The van der Waals surface area contributed by atoms with Crippen molar-refractivity contribution in [3.63, 3.8) is 0 Å². The van der Waals surface area contributed by atoms with Gasteiger partial charge in [0.05, 0.1) is 0 Å². The molecule has 1 rings (SSSR count). The molecule has 2 nitrogen and oxygen atoms in total. The molecule has 0 aliphatic carbocycles. The van der Waals surface area contributed by atoms with Crippen LogP contribution in [0.4, 0.5) is 0 Å². The van der Waals surface area contributed by atoms with Crippen LogP contribution in [-0.4, -0.2) is 10.6 Å². The van der Waals surface area contributed by atoms with E-state index in [1.54, 1.807) is 18.2 Å². The van der Waals surface area contributed by atoms with E-state index in [-0.39, 0.29) is 11.2 Å². The summed E-state index contributed by atoms with van der Waals surface area (Å²) in [7, 11) is 0. The molecule has 1 aromatic carbocycles. The molecule has 0 atom stereocenters. The molecule has 50 valence electrons. The first kappa shape index (κ1) is 8.27. The number of phenols is 1. The Hall–Kier alpha value is -0.730. The van der Waals surface area contributed by atoms with E-state index < -0.39 is 0 Å². The van der Waals surface area contributed by atoms with Crippen LogP contribution >= 0.6 is 11.6 Å². The molecule has 3 N–H and O–H groups in total. The Balaban J connectivity index is 0.000000640. The van der Waals surface area contributed by atoms with Gasteiger partial charge in [-0.25, -0.2) is 0 Å². The second-order valence-corrected chi connectivity index (χ2v) is 1.92. The highest BCUT2D eigenvalue weighted by atomic mass is 35.5. The fourth-order valence-electron chi connectivity index (χ4n) is 0.476. The molecular formula is C6H7ClO2. The van der Waals surface area contributed by atoms with Gasteiger partial charge in [-0.05, 0) is 18.2 Å². The molecule has 0 radical (unpaired) electrons. The largest absolute Gasteiger partial charge is 0.508 e. The maximum absolute atomic E-state index is 8.73. The van der Waals surface area contributed by atoms with E-state index >= 15 is 0 Å². The first-order valence-electron chi connectivity index (χ1n) is 2.23. The van der Waals surface area contributed by atoms with Gasteiger partial charge in [0.2, 0.25) is 0 Å². The lowest BCUT2D eigenvalue weighted by molar-refractivity contribution is 0.475. The standard InChI is InChI=1S/C6H5ClO.H2O/c7-5-2-1-3-6(8)4-5;/h1-4,8H;1H2. The minimum atomic E-state index is 0. The third-order valence-electron chi connectivity index (χ3n) is 0.808. The fraction of sp³-hybridized carbons (Fsp3) is 0. The van der Waals surface area contributed by atoms with Crippen LogP contribution in [0, 0.1) is 0 Å². The zero-order valence-electron chi connectivity index (χ0n) is 4.63. The Labute approximate surface area is 58.0 Å². The zero-order valence-corrected chi connectivity index (χ0v) is 5.39. The van der Waals surface area contributed by atoms with Crippen molar-refractivity contribution in [2.75, 3.05) is 0 Å². The van der Waals surface area contributed by atoms with Crippen molar-refractivity contribution in [3.05, 3.63) is 29.3 Å². The first-order valence-corrected chi connectivity index (χ1v) is 2.61. The Morgan fingerprint density at radius 3 is 2.33 bits per heavy atom. The summed E-state index contributed by atoms with van der Waals surface area (Å²) in [5, 5.41) is 9.29. The minimum Gasteiger partial charge on any atom is -0.508 e. The molecule has 9 heavy (non-hydrogen) atoms. The number of halogens is 1. The number of hydrogen-bond donors (Lipinski definition) is 1. The van der Waals surface area contributed by atoms with Crippen molar-refractivity contribution in [2.45, 2.75) is 0 Å². The summed E-state index contributed by atoms with van der Waals surface area (Å²) in [4.78, 5) is 0. The summed E-state index contributed by atoms with van der Waals surface area (Å²) in [5.41, 5.74) is 0. The molecule has 0 amide bonds. The van der Waals surface area contributed by atoms with E-state index in [1.165, 1.54) is 6.07 Å². The van der Waals surface area contributed by atoms with Crippen molar-refractivity contribution < 1.29 is 10.6 Å². The number of benzene rings is 1. The summed E-state index contributed by atoms with van der Waals surface area (Å²) in [5.74, 6) is 0.206. The van der Waals surface area contributed by atoms with Gasteiger partial charge in [-0.1, -0.05) is 17.7 Å². The maximum Gasteiger partial charge on any atom is 0.117 e. The first-order chi connectivity index (χ1) is 3.79. The van der Waals surface area contributed by atoms with Gasteiger partial charge in [-0.3, -0.25) is 0 Å². The Bertz CT molecular complexity index is 171. The van der Waals surface area contributed by atoms with Crippen LogP contribution in [0.2, 0.25) is 5.02 Å². The molecule has 0 spiro atoms. The Morgan fingerprint density at radius 2 is 2.00 bits per heavy atom. The van der Waals surface area contributed by atoms with E-state index in [0.29, 0.717) is 5.02 Å². The molecule has 0 aliphatic rings. The van der Waals surface area contributed by atoms with Gasteiger partial charge >= 0.3 is 0 Å². The molecule has 0 aliphatic heterocycles. The maximum atomic E-state index is 8.73. The molecule has 0 saturated heterocycles. The molecular weight excluding hydrogens is 140 g/mol. The summed E-state index contributed by atoms with van der Waals surface area (Å²) >= 11 is 5.48. The van der Waals surface area contributed by atoms with E-state index in [2.05, 4.69) is 0 Å². The van der Waals surface area contributed by atoms with Crippen LogP contribution in [0.25, 0.3) is 0 Å². The van der Waals surface area contributed by atoms with E-state index in [4.69, 9.17) is 16.7 Å². The van der Waals surface area contributed by atoms with E-state index in [0.717, 1.165) is 0 Å². The average molecular weight is 147 g/mol. The van der Waals surface area contributed by atoms with Gasteiger partial charge in [0.25, 0.3) is 0 Å². The highest BCUT2D eigenvalue weighted by Gasteiger charge is 1.85. The van der Waals surface area contributed by atoms with Crippen LogP contribution < -0.4 is 0 Å². The Morgan fingerprint density at radius 1 is 1.33 bits per heavy atom. The minimum absolute atomic E-state index is 0. The predicted molar refractivity (Wildman–Crippen MR) is 36.7 cm³/mol. The highest BCUT2D eigenvalue weighted by molar-refractivity contribution is 6.30. The van der Waals surface area contributed by atoms with Gasteiger partial charge in [0.15, 0.2) is 0 Å². The predicted octanol–water partition coefficient (Wildman–Crippen LogP) is 1.22. The molecule has 0 unspecified atom stereocenters. The van der Waals surface area contributed by atoms with Crippen molar-refractivity contribution >= 4 is 11.6 Å². The molecule has 0 bridgehead atoms. The lowest BCUT2D eigenvalue weighted by Crippen LogP contribution is -1.61. The molecule has 0 fully saturated rings.